The number of aromatic nitrogens is 3. The lowest BCUT2D eigenvalue weighted by Crippen LogP contribution is -2.19. The zero-order valence-electron chi connectivity index (χ0n) is 13.6. The van der Waals surface area contributed by atoms with E-state index in [1.54, 1.807) is 27.0 Å². The number of aromatic amines is 1. The van der Waals surface area contributed by atoms with E-state index in [0.29, 0.717) is 22.7 Å². The van der Waals surface area contributed by atoms with Crippen molar-refractivity contribution in [2.75, 3.05) is 12.8 Å². The second kappa shape index (κ2) is 5.51. The number of benzene rings is 1. The minimum atomic E-state index is -1.19. The van der Waals surface area contributed by atoms with Gasteiger partial charge < -0.3 is 15.6 Å². The van der Waals surface area contributed by atoms with Crippen molar-refractivity contribution < 1.29 is 9.84 Å². The molecule has 0 amide bonds. The predicted molar refractivity (Wildman–Crippen MR) is 90.2 cm³/mol. The lowest BCUT2D eigenvalue weighted by atomic mass is 9.97. The summed E-state index contributed by atoms with van der Waals surface area (Å²) in [6.45, 7) is 3.22. The molecule has 0 aliphatic rings. The van der Waals surface area contributed by atoms with Crippen molar-refractivity contribution in [1.29, 1.82) is 5.26 Å². The lowest BCUT2D eigenvalue weighted by Gasteiger charge is -2.18. The Morgan fingerprint density at radius 1 is 1.33 bits per heavy atom. The van der Waals surface area contributed by atoms with Crippen LogP contribution in [0.1, 0.15) is 25.1 Å². The molecule has 122 valence electrons. The molecule has 2 aromatic heterocycles. The van der Waals surface area contributed by atoms with E-state index in [9.17, 15) is 10.4 Å². The van der Waals surface area contributed by atoms with E-state index in [4.69, 9.17) is 10.5 Å². The number of rotatable bonds is 3. The molecule has 0 saturated heterocycles. The average Bonchev–Trinajstić information content (AvgIpc) is 2.95. The number of anilines is 1. The van der Waals surface area contributed by atoms with Crippen LogP contribution in [0.4, 0.5) is 5.82 Å². The maximum Gasteiger partial charge on any atom is 0.142 e. The first-order valence-corrected chi connectivity index (χ1v) is 7.31. The van der Waals surface area contributed by atoms with Crippen LogP contribution in [0.15, 0.2) is 24.3 Å². The van der Waals surface area contributed by atoms with Gasteiger partial charge in [0.15, 0.2) is 0 Å². The van der Waals surface area contributed by atoms with Crippen LogP contribution in [0.2, 0.25) is 0 Å². The van der Waals surface area contributed by atoms with E-state index in [1.165, 1.54) is 0 Å². The molecule has 0 saturated carbocycles. The lowest BCUT2D eigenvalue weighted by molar-refractivity contribution is 0.0740. The fraction of sp³-hybridized carbons (Fsp3) is 0.235. The molecule has 1 aromatic carbocycles. The average molecular weight is 323 g/mol. The summed E-state index contributed by atoms with van der Waals surface area (Å²) in [5.74, 6) is 0.765. The van der Waals surface area contributed by atoms with Gasteiger partial charge in [0.25, 0.3) is 0 Å². The van der Waals surface area contributed by atoms with E-state index < -0.39 is 5.60 Å². The first-order chi connectivity index (χ1) is 11.3. The van der Waals surface area contributed by atoms with Gasteiger partial charge in [-0.25, -0.2) is 4.98 Å². The Bertz CT molecular complexity index is 963. The van der Waals surface area contributed by atoms with Crippen LogP contribution in [0.5, 0.6) is 5.75 Å². The molecule has 0 aliphatic heterocycles. The summed E-state index contributed by atoms with van der Waals surface area (Å²) < 4.78 is 5.20. The molecule has 0 aliphatic carbocycles. The number of H-pyrrole nitrogens is 1. The Balaban J connectivity index is 2.29. The van der Waals surface area contributed by atoms with Crippen LogP contribution in [-0.4, -0.2) is 27.4 Å². The number of nitrogen functional groups attached to an aromatic ring is 1. The Morgan fingerprint density at radius 3 is 2.71 bits per heavy atom. The van der Waals surface area contributed by atoms with Gasteiger partial charge in [-0.15, -0.1) is 0 Å². The van der Waals surface area contributed by atoms with Crippen LogP contribution in [0.3, 0.4) is 0 Å². The Morgan fingerprint density at radius 2 is 2.08 bits per heavy atom. The SMILES string of the molecule is COc1ccc2c(-c3cc(C(C)(C)O)nc(N)c3C#N)n[nH]c2c1. The van der Waals surface area contributed by atoms with Crippen LogP contribution < -0.4 is 10.5 Å². The van der Waals surface area contributed by atoms with Crippen molar-refractivity contribution in [3.8, 4) is 23.1 Å². The van der Waals surface area contributed by atoms with Gasteiger partial charge in [-0.3, -0.25) is 5.10 Å². The number of fused-ring (bicyclic) bond motifs is 1. The fourth-order valence-corrected chi connectivity index (χ4v) is 2.51. The van der Waals surface area contributed by atoms with Gasteiger partial charge in [0, 0.05) is 17.0 Å². The standard InChI is InChI=1S/C17H17N5O2/c1-17(2,23)14-7-11(12(8-18)16(19)20-14)15-10-5-4-9(24-3)6-13(10)21-22-15/h4-7,23H,1-3H3,(H2,19,20)(H,21,22). The number of nitrogens with zero attached hydrogens (tertiary/aromatic N) is 3. The third-order valence-electron chi connectivity index (χ3n) is 3.81. The van der Waals surface area contributed by atoms with E-state index in [1.807, 2.05) is 18.2 Å². The third-order valence-corrected chi connectivity index (χ3v) is 3.81. The maximum absolute atomic E-state index is 10.2. The van der Waals surface area contributed by atoms with E-state index in [2.05, 4.69) is 21.3 Å². The monoisotopic (exact) mass is 323 g/mol. The van der Waals surface area contributed by atoms with Crippen molar-refractivity contribution in [3.63, 3.8) is 0 Å². The molecule has 0 spiro atoms. The van der Waals surface area contributed by atoms with Gasteiger partial charge in [0.1, 0.15) is 34.5 Å². The summed E-state index contributed by atoms with van der Waals surface area (Å²) in [5.41, 5.74) is 7.21. The molecule has 0 atom stereocenters. The highest BCUT2D eigenvalue weighted by Crippen LogP contribution is 2.34. The molecule has 0 fully saturated rings. The summed E-state index contributed by atoms with van der Waals surface area (Å²) in [6, 6.07) is 9.21. The second-order valence-electron chi connectivity index (χ2n) is 5.97. The molecular weight excluding hydrogens is 306 g/mol. The fourth-order valence-electron chi connectivity index (χ4n) is 2.51. The van der Waals surface area contributed by atoms with Gasteiger partial charge in [-0.2, -0.15) is 10.4 Å². The normalized spacial score (nSPS) is 11.5. The van der Waals surface area contributed by atoms with E-state index in [0.717, 1.165) is 10.9 Å². The number of aliphatic hydroxyl groups is 1. The maximum atomic E-state index is 10.2. The number of hydrogen-bond donors (Lipinski definition) is 3. The van der Waals surface area contributed by atoms with Gasteiger partial charge in [-0.1, -0.05) is 0 Å². The molecule has 4 N–H and O–H groups in total. The number of nitrogens with two attached hydrogens (primary N) is 1. The Hall–Kier alpha value is -3.11. The first-order valence-electron chi connectivity index (χ1n) is 7.31. The van der Waals surface area contributed by atoms with Crippen LogP contribution in [0.25, 0.3) is 22.2 Å². The summed E-state index contributed by atoms with van der Waals surface area (Å²) in [4.78, 5) is 4.14. The number of ether oxygens (including phenoxy) is 1. The summed E-state index contributed by atoms with van der Waals surface area (Å²) in [7, 11) is 1.59. The number of pyridine rings is 1. The van der Waals surface area contributed by atoms with Gasteiger partial charge >= 0.3 is 0 Å². The molecule has 7 heteroatoms. The molecule has 3 rings (SSSR count). The number of methoxy groups -OCH3 is 1. The minimum absolute atomic E-state index is 0.0665. The largest absolute Gasteiger partial charge is 0.497 e. The van der Waals surface area contributed by atoms with E-state index >= 15 is 0 Å². The summed E-state index contributed by atoms with van der Waals surface area (Å²) in [6.07, 6.45) is 0. The number of nitriles is 1. The van der Waals surface area contributed by atoms with Gasteiger partial charge in [0.2, 0.25) is 0 Å². The van der Waals surface area contributed by atoms with Crippen molar-refractivity contribution in [2.45, 2.75) is 19.4 Å². The van der Waals surface area contributed by atoms with Crippen LogP contribution in [-0.2, 0) is 5.60 Å². The second-order valence-corrected chi connectivity index (χ2v) is 5.97. The predicted octanol–water partition coefficient (Wildman–Crippen LogP) is 2.31. The van der Waals surface area contributed by atoms with Crippen molar-refractivity contribution >= 4 is 16.7 Å². The van der Waals surface area contributed by atoms with Gasteiger partial charge in [-0.05, 0) is 32.0 Å². The first kappa shape index (κ1) is 15.8. The summed E-state index contributed by atoms with van der Waals surface area (Å²) in [5, 5.41) is 27.8. The van der Waals surface area contributed by atoms with Gasteiger partial charge in [0.05, 0.1) is 18.3 Å². The summed E-state index contributed by atoms with van der Waals surface area (Å²) >= 11 is 0. The number of hydrogen-bond acceptors (Lipinski definition) is 6. The molecular formula is C17H17N5O2. The molecule has 0 radical (unpaired) electrons. The minimum Gasteiger partial charge on any atom is -0.497 e. The highest BCUT2D eigenvalue weighted by molar-refractivity contribution is 5.95. The molecule has 0 unspecified atom stereocenters. The van der Waals surface area contributed by atoms with Crippen molar-refractivity contribution in [2.24, 2.45) is 0 Å². The molecule has 0 bridgehead atoms. The molecule has 7 nitrogen and oxygen atoms in total. The highest BCUT2D eigenvalue weighted by Gasteiger charge is 2.24. The van der Waals surface area contributed by atoms with Crippen LogP contribution in [0, 0.1) is 11.3 Å². The molecule has 24 heavy (non-hydrogen) atoms. The quantitative estimate of drug-likeness (QED) is 0.680. The smallest absolute Gasteiger partial charge is 0.142 e. The highest BCUT2D eigenvalue weighted by atomic mass is 16.5. The Kier molecular flexibility index (Phi) is 3.62. The van der Waals surface area contributed by atoms with Crippen molar-refractivity contribution in [3.05, 3.63) is 35.5 Å². The zero-order chi connectivity index (χ0) is 17.5. The molecule has 2 heterocycles. The Labute approximate surface area is 138 Å². The van der Waals surface area contributed by atoms with Crippen molar-refractivity contribution in [1.82, 2.24) is 15.2 Å². The zero-order valence-corrected chi connectivity index (χ0v) is 13.6. The molecule has 3 aromatic rings. The number of nitrogens with one attached hydrogen (secondary N) is 1. The van der Waals surface area contributed by atoms with Crippen LogP contribution >= 0.6 is 0 Å². The van der Waals surface area contributed by atoms with E-state index in [-0.39, 0.29) is 11.4 Å². The topological polar surface area (TPSA) is 121 Å². The third kappa shape index (κ3) is 2.53.